The molecule has 1 aromatic carbocycles. The molecular formula is C16H10BrF2N3O. The lowest BCUT2D eigenvalue weighted by Gasteiger charge is -2.10. The molecule has 0 fully saturated rings. The van der Waals surface area contributed by atoms with Gasteiger partial charge in [0.2, 0.25) is 0 Å². The minimum atomic E-state index is -0.775. The molecule has 23 heavy (non-hydrogen) atoms. The Labute approximate surface area is 138 Å². The maximum atomic E-state index is 13.9. The van der Waals surface area contributed by atoms with Crippen LogP contribution in [-0.2, 0) is 0 Å². The summed E-state index contributed by atoms with van der Waals surface area (Å²) in [6.07, 6.45) is 2.95. The average Bonchev–Trinajstić information content (AvgIpc) is 2.48. The molecule has 7 heteroatoms. The Bertz CT molecular complexity index is 931. The van der Waals surface area contributed by atoms with Crippen LogP contribution >= 0.6 is 15.9 Å². The van der Waals surface area contributed by atoms with Gasteiger partial charge in [-0.3, -0.25) is 9.78 Å². The Morgan fingerprint density at radius 3 is 2.70 bits per heavy atom. The van der Waals surface area contributed by atoms with Crippen LogP contribution in [0.1, 0.15) is 16.1 Å². The lowest BCUT2D eigenvalue weighted by atomic mass is 10.1. The number of hydrogen-bond acceptors (Lipinski definition) is 3. The zero-order valence-corrected chi connectivity index (χ0v) is 13.5. The molecule has 0 aliphatic carbocycles. The number of fused-ring (bicyclic) bond motifs is 1. The van der Waals surface area contributed by atoms with Crippen molar-refractivity contribution in [3.05, 3.63) is 64.0 Å². The molecule has 0 aliphatic rings. The normalized spacial score (nSPS) is 10.8. The van der Waals surface area contributed by atoms with Crippen LogP contribution in [0.15, 0.2) is 41.1 Å². The first-order valence-corrected chi connectivity index (χ1v) is 7.41. The molecular weight excluding hydrogens is 368 g/mol. The van der Waals surface area contributed by atoms with Crippen molar-refractivity contribution in [1.82, 2.24) is 9.97 Å². The van der Waals surface area contributed by atoms with Crippen LogP contribution < -0.4 is 5.32 Å². The van der Waals surface area contributed by atoms with Crippen molar-refractivity contribution in [3.63, 3.8) is 0 Å². The van der Waals surface area contributed by atoms with E-state index < -0.39 is 17.5 Å². The Hall–Kier alpha value is -2.41. The van der Waals surface area contributed by atoms with Crippen molar-refractivity contribution >= 4 is 38.4 Å². The number of halogens is 3. The summed E-state index contributed by atoms with van der Waals surface area (Å²) in [5.74, 6) is -1.95. The van der Waals surface area contributed by atoms with Gasteiger partial charge in [0.05, 0.1) is 11.3 Å². The minimum absolute atomic E-state index is 0.00840. The summed E-state index contributed by atoms with van der Waals surface area (Å²) in [6, 6.07) is 5.06. The van der Waals surface area contributed by atoms with Gasteiger partial charge < -0.3 is 5.32 Å². The van der Waals surface area contributed by atoms with Crippen molar-refractivity contribution in [3.8, 4) is 0 Å². The molecule has 0 radical (unpaired) electrons. The molecule has 0 aliphatic heterocycles. The number of carbonyl (C=O) groups is 1. The fourth-order valence-corrected chi connectivity index (χ4v) is 2.58. The van der Waals surface area contributed by atoms with Crippen molar-refractivity contribution < 1.29 is 13.6 Å². The third-order valence-corrected chi connectivity index (χ3v) is 3.61. The molecule has 0 spiro atoms. The maximum Gasteiger partial charge on any atom is 0.257 e. The highest BCUT2D eigenvalue weighted by Gasteiger charge is 2.14. The Morgan fingerprint density at radius 2 is 1.96 bits per heavy atom. The van der Waals surface area contributed by atoms with Gasteiger partial charge in [0.25, 0.3) is 5.91 Å². The van der Waals surface area contributed by atoms with Crippen LogP contribution in [0.3, 0.4) is 0 Å². The number of rotatable bonds is 2. The van der Waals surface area contributed by atoms with E-state index in [9.17, 15) is 13.6 Å². The second-order valence-electron chi connectivity index (χ2n) is 4.94. The van der Waals surface area contributed by atoms with Gasteiger partial charge in [0.15, 0.2) is 5.82 Å². The minimum Gasteiger partial charge on any atom is -0.321 e. The Kier molecular flexibility index (Phi) is 4.04. The molecule has 2 aromatic heterocycles. The number of anilines is 1. The van der Waals surface area contributed by atoms with E-state index in [0.29, 0.717) is 15.7 Å². The highest BCUT2D eigenvalue weighted by atomic mass is 79.9. The van der Waals surface area contributed by atoms with Crippen molar-refractivity contribution in [1.29, 1.82) is 0 Å². The van der Waals surface area contributed by atoms with E-state index in [1.807, 2.05) is 0 Å². The number of nitrogens with zero attached hydrogens (tertiary/aromatic N) is 2. The van der Waals surface area contributed by atoms with Crippen molar-refractivity contribution in [2.45, 2.75) is 6.92 Å². The molecule has 1 amide bonds. The first kappa shape index (κ1) is 15.5. The molecule has 3 rings (SSSR count). The highest BCUT2D eigenvalue weighted by Crippen LogP contribution is 2.27. The van der Waals surface area contributed by atoms with Crippen LogP contribution in [0.25, 0.3) is 10.9 Å². The van der Waals surface area contributed by atoms with E-state index in [1.54, 1.807) is 25.3 Å². The Balaban J connectivity index is 2.07. The smallest absolute Gasteiger partial charge is 0.257 e. The van der Waals surface area contributed by atoms with Crippen LogP contribution in [-0.4, -0.2) is 15.9 Å². The number of aromatic nitrogens is 2. The summed E-state index contributed by atoms with van der Waals surface area (Å²) >= 11 is 3.23. The number of nitrogens with one attached hydrogen (secondary N) is 1. The molecule has 116 valence electrons. The maximum absolute atomic E-state index is 13.9. The summed E-state index contributed by atoms with van der Waals surface area (Å²) in [6.45, 7) is 1.67. The van der Waals surface area contributed by atoms with Gasteiger partial charge in [0.1, 0.15) is 11.3 Å². The van der Waals surface area contributed by atoms with Gasteiger partial charge in [0, 0.05) is 34.0 Å². The lowest BCUT2D eigenvalue weighted by molar-refractivity contribution is 0.102. The number of hydrogen-bond donors (Lipinski definition) is 1. The zero-order chi connectivity index (χ0) is 16.6. The molecule has 0 saturated heterocycles. The van der Waals surface area contributed by atoms with E-state index >= 15 is 0 Å². The standard InChI is InChI=1S/C16H10BrF2N3O/c1-8-2-14(12-4-11(18)5-13(19)15(12)21-8)22-16(23)9-3-10(17)7-20-6-9/h2-7H,1H3,(H,21,22,23). The zero-order valence-electron chi connectivity index (χ0n) is 11.9. The van der Waals surface area contributed by atoms with Crippen LogP contribution in [0.5, 0.6) is 0 Å². The Morgan fingerprint density at radius 1 is 1.17 bits per heavy atom. The number of aryl methyl sites for hydroxylation is 1. The summed E-state index contributed by atoms with van der Waals surface area (Å²) < 4.78 is 28.0. The summed E-state index contributed by atoms with van der Waals surface area (Å²) in [5.41, 5.74) is 1.12. The fraction of sp³-hybridized carbons (Fsp3) is 0.0625. The van der Waals surface area contributed by atoms with E-state index in [4.69, 9.17) is 0 Å². The van der Waals surface area contributed by atoms with Gasteiger partial charge in [-0.2, -0.15) is 0 Å². The van der Waals surface area contributed by atoms with E-state index in [2.05, 4.69) is 31.2 Å². The van der Waals surface area contributed by atoms with Crippen LogP contribution in [0.2, 0.25) is 0 Å². The van der Waals surface area contributed by atoms with Gasteiger partial charge in [-0.1, -0.05) is 0 Å². The fourth-order valence-electron chi connectivity index (χ4n) is 2.21. The van der Waals surface area contributed by atoms with Crippen LogP contribution in [0, 0.1) is 18.6 Å². The molecule has 0 saturated carbocycles. The third-order valence-electron chi connectivity index (χ3n) is 3.17. The second-order valence-corrected chi connectivity index (χ2v) is 5.86. The van der Waals surface area contributed by atoms with Crippen molar-refractivity contribution in [2.24, 2.45) is 0 Å². The van der Waals surface area contributed by atoms with E-state index in [0.717, 1.165) is 12.1 Å². The van der Waals surface area contributed by atoms with E-state index in [-0.39, 0.29) is 16.6 Å². The molecule has 3 aromatic rings. The number of amides is 1. The number of benzene rings is 1. The highest BCUT2D eigenvalue weighted by molar-refractivity contribution is 9.10. The number of pyridine rings is 2. The number of carbonyl (C=O) groups excluding carboxylic acids is 1. The molecule has 1 N–H and O–H groups in total. The lowest BCUT2D eigenvalue weighted by Crippen LogP contribution is -2.13. The topological polar surface area (TPSA) is 54.9 Å². The predicted octanol–water partition coefficient (Wildman–Crippen LogP) is 4.23. The second kappa shape index (κ2) is 6.00. The quantitative estimate of drug-likeness (QED) is 0.726. The SMILES string of the molecule is Cc1cc(NC(=O)c2cncc(Br)c2)c2cc(F)cc(F)c2n1. The predicted molar refractivity (Wildman–Crippen MR) is 86.3 cm³/mol. The summed E-state index contributed by atoms with van der Waals surface area (Å²) in [5, 5.41) is 2.85. The summed E-state index contributed by atoms with van der Waals surface area (Å²) in [7, 11) is 0. The molecule has 0 bridgehead atoms. The third kappa shape index (κ3) is 3.19. The molecule has 0 unspecified atom stereocenters. The van der Waals surface area contributed by atoms with Gasteiger partial charge in [-0.15, -0.1) is 0 Å². The largest absolute Gasteiger partial charge is 0.321 e. The molecule has 0 atom stereocenters. The summed E-state index contributed by atoms with van der Waals surface area (Å²) in [4.78, 5) is 20.3. The monoisotopic (exact) mass is 377 g/mol. The molecule has 4 nitrogen and oxygen atoms in total. The van der Waals surface area contributed by atoms with Gasteiger partial charge >= 0.3 is 0 Å². The average molecular weight is 378 g/mol. The van der Waals surface area contributed by atoms with Gasteiger partial charge in [-0.25, -0.2) is 13.8 Å². The van der Waals surface area contributed by atoms with Crippen LogP contribution in [0.4, 0.5) is 14.5 Å². The van der Waals surface area contributed by atoms with Crippen molar-refractivity contribution in [2.75, 3.05) is 5.32 Å². The van der Waals surface area contributed by atoms with Gasteiger partial charge in [-0.05, 0) is 41.1 Å². The first-order valence-electron chi connectivity index (χ1n) is 6.62. The van der Waals surface area contributed by atoms with E-state index in [1.165, 1.54) is 6.20 Å². The first-order chi connectivity index (χ1) is 10.9. The molecule has 2 heterocycles.